The first-order chi connectivity index (χ1) is 11.4. The summed E-state index contributed by atoms with van der Waals surface area (Å²) in [6.45, 7) is 1.49. The van der Waals surface area contributed by atoms with Gasteiger partial charge in [-0.2, -0.15) is 9.65 Å². The molecule has 24 heavy (non-hydrogen) atoms. The summed E-state index contributed by atoms with van der Waals surface area (Å²) in [5.74, 6) is -1.15. The fourth-order valence-corrected chi connectivity index (χ4v) is 1.84. The van der Waals surface area contributed by atoms with Gasteiger partial charge in [-0.15, -0.1) is 0 Å². The molecule has 0 saturated heterocycles. The molecule has 1 atom stereocenters. The molecule has 2 aromatic carbocycles. The number of nitro benzene ring substituents is 1. The van der Waals surface area contributed by atoms with E-state index in [-0.39, 0.29) is 5.69 Å². The molecular weight excluding hydrogens is 317 g/mol. The maximum Gasteiger partial charge on any atom is 0.306 e. The number of anilines is 1. The van der Waals surface area contributed by atoms with Crippen LogP contribution in [0.25, 0.3) is 0 Å². The van der Waals surface area contributed by atoms with E-state index in [0.717, 1.165) is 12.1 Å². The molecule has 0 radical (unpaired) electrons. The lowest BCUT2D eigenvalue weighted by atomic mass is 10.2. The van der Waals surface area contributed by atoms with Crippen molar-refractivity contribution < 1.29 is 18.8 Å². The standard InChI is InChI=1S/C16H12FN3O4/c1-10(24-13-5-2-11(9-18)3-6-13)16(21)19-12-4-7-14(17)15(8-12)20(22)23/h2-8,10H,1H3,(H,19,21)/t10-/m0/s1. The first-order valence-corrected chi connectivity index (χ1v) is 6.82. The maximum absolute atomic E-state index is 13.3. The molecule has 0 aliphatic carbocycles. The number of carbonyl (C=O) groups excluding carboxylic acids is 1. The lowest BCUT2D eigenvalue weighted by molar-refractivity contribution is -0.387. The molecule has 0 bridgehead atoms. The highest BCUT2D eigenvalue weighted by atomic mass is 19.1. The van der Waals surface area contributed by atoms with Crippen molar-refractivity contribution in [2.75, 3.05) is 5.32 Å². The molecule has 0 saturated carbocycles. The van der Waals surface area contributed by atoms with Crippen molar-refractivity contribution in [3.8, 4) is 11.8 Å². The summed E-state index contributed by atoms with van der Waals surface area (Å²) in [5.41, 5.74) is -0.185. The van der Waals surface area contributed by atoms with Crippen LogP contribution in [0.1, 0.15) is 12.5 Å². The third kappa shape index (κ3) is 4.04. The van der Waals surface area contributed by atoms with Crippen LogP contribution in [0.2, 0.25) is 0 Å². The number of nitrogens with one attached hydrogen (secondary N) is 1. The molecule has 2 aromatic rings. The maximum atomic E-state index is 13.3. The summed E-state index contributed by atoms with van der Waals surface area (Å²) >= 11 is 0. The summed E-state index contributed by atoms with van der Waals surface area (Å²) in [4.78, 5) is 21.9. The third-order valence-electron chi connectivity index (χ3n) is 3.08. The molecule has 0 aliphatic rings. The number of benzene rings is 2. The topological polar surface area (TPSA) is 105 Å². The highest BCUT2D eigenvalue weighted by Crippen LogP contribution is 2.22. The Bertz CT molecular complexity index is 815. The fraction of sp³-hybridized carbons (Fsp3) is 0.125. The van der Waals surface area contributed by atoms with Gasteiger partial charge in [-0.05, 0) is 43.3 Å². The van der Waals surface area contributed by atoms with Crippen molar-refractivity contribution >= 4 is 17.3 Å². The predicted octanol–water partition coefficient (Wildman–Crippen LogP) is 3.01. The minimum Gasteiger partial charge on any atom is -0.481 e. The Morgan fingerprint density at radius 2 is 2.00 bits per heavy atom. The van der Waals surface area contributed by atoms with Crippen molar-refractivity contribution in [3.63, 3.8) is 0 Å². The van der Waals surface area contributed by atoms with E-state index in [0.29, 0.717) is 11.3 Å². The van der Waals surface area contributed by atoms with Gasteiger partial charge in [0.25, 0.3) is 5.91 Å². The SMILES string of the molecule is C[C@H](Oc1ccc(C#N)cc1)C(=O)Nc1ccc(F)c([N+](=O)[O-])c1. The zero-order valence-electron chi connectivity index (χ0n) is 12.5. The van der Waals surface area contributed by atoms with Gasteiger partial charge in [0.1, 0.15) is 5.75 Å². The zero-order chi connectivity index (χ0) is 17.7. The van der Waals surface area contributed by atoms with Crippen molar-refractivity contribution in [1.29, 1.82) is 5.26 Å². The number of ether oxygens (including phenoxy) is 1. The molecule has 1 amide bonds. The molecule has 0 heterocycles. The van der Waals surface area contributed by atoms with Crippen LogP contribution in [-0.4, -0.2) is 16.9 Å². The Morgan fingerprint density at radius 1 is 1.33 bits per heavy atom. The van der Waals surface area contributed by atoms with Gasteiger partial charge in [-0.3, -0.25) is 14.9 Å². The minimum atomic E-state index is -0.986. The van der Waals surface area contributed by atoms with Gasteiger partial charge in [0, 0.05) is 11.8 Å². The fourth-order valence-electron chi connectivity index (χ4n) is 1.84. The van der Waals surface area contributed by atoms with Gasteiger partial charge in [0.05, 0.1) is 16.6 Å². The van der Waals surface area contributed by atoms with E-state index in [1.807, 2.05) is 6.07 Å². The minimum absolute atomic E-state index is 0.0865. The van der Waals surface area contributed by atoms with E-state index in [4.69, 9.17) is 10.00 Å². The Hall–Kier alpha value is -3.47. The lowest BCUT2D eigenvalue weighted by Gasteiger charge is -2.14. The number of amides is 1. The quantitative estimate of drug-likeness (QED) is 0.670. The number of nitriles is 1. The van der Waals surface area contributed by atoms with Crippen molar-refractivity contribution in [1.82, 2.24) is 0 Å². The number of rotatable bonds is 5. The molecule has 8 heteroatoms. The number of nitrogens with zero attached hydrogens (tertiary/aromatic N) is 2. The van der Waals surface area contributed by atoms with Crippen LogP contribution >= 0.6 is 0 Å². The summed E-state index contributed by atoms with van der Waals surface area (Å²) in [6, 6.07) is 11.2. The van der Waals surface area contributed by atoms with Crippen LogP contribution in [0.5, 0.6) is 5.75 Å². The van der Waals surface area contributed by atoms with Crippen molar-refractivity contribution in [2.45, 2.75) is 13.0 Å². The predicted molar refractivity (Wildman–Crippen MR) is 82.9 cm³/mol. The average Bonchev–Trinajstić information content (AvgIpc) is 2.57. The Morgan fingerprint density at radius 3 is 2.58 bits per heavy atom. The Balaban J connectivity index is 2.04. The molecule has 2 rings (SSSR count). The second kappa shape index (κ2) is 7.19. The summed E-state index contributed by atoms with van der Waals surface area (Å²) < 4.78 is 18.7. The molecule has 0 fully saturated rings. The molecular formula is C16H12FN3O4. The second-order valence-electron chi connectivity index (χ2n) is 4.81. The molecule has 0 unspecified atom stereocenters. The van der Waals surface area contributed by atoms with Gasteiger partial charge in [-0.25, -0.2) is 0 Å². The molecule has 0 spiro atoms. The molecule has 7 nitrogen and oxygen atoms in total. The first-order valence-electron chi connectivity index (χ1n) is 6.82. The lowest BCUT2D eigenvalue weighted by Crippen LogP contribution is -2.30. The largest absolute Gasteiger partial charge is 0.481 e. The molecule has 0 aliphatic heterocycles. The number of hydrogen-bond acceptors (Lipinski definition) is 5. The normalized spacial score (nSPS) is 11.2. The Labute approximate surface area is 136 Å². The van der Waals surface area contributed by atoms with Gasteiger partial charge in [-0.1, -0.05) is 0 Å². The van der Waals surface area contributed by atoms with Crippen LogP contribution < -0.4 is 10.1 Å². The molecule has 122 valence electrons. The van der Waals surface area contributed by atoms with Crippen LogP contribution in [0.4, 0.5) is 15.8 Å². The van der Waals surface area contributed by atoms with E-state index < -0.39 is 28.4 Å². The smallest absolute Gasteiger partial charge is 0.306 e. The van der Waals surface area contributed by atoms with Crippen LogP contribution in [-0.2, 0) is 4.79 Å². The number of hydrogen-bond donors (Lipinski definition) is 1. The molecule has 0 aromatic heterocycles. The first kappa shape index (κ1) is 16.9. The number of halogens is 1. The highest BCUT2D eigenvalue weighted by molar-refractivity contribution is 5.94. The highest BCUT2D eigenvalue weighted by Gasteiger charge is 2.18. The van der Waals surface area contributed by atoms with Gasteiger partial charge in [0.15, 0.2) is 6.10 Å². The van der Waals surface area contributed by atoms with Gasteiger partial charge >= 0.3 is 5.69 Å². The number of nitro groups is 1. The Kier molecular flexibility index (Phi) is 5.06. The number of carbonyl (C=O) groups is 1. The van der Waals surface area contributed by atoms with E-state index in [1.165, 1.54) is 13.0 Å². The zero-order valence-corrected chi connectivity index (χ0v) is 12.5. The monoisotopic (exact) mass is 329 g/mol. The molecule has 1 N–H and O–H groups in total. The second-order valence-corrected chi connectivity index (χ2v) is 4.81. The van der Waals surface area contributed by atoms with E-state index >= 15 is 0 Å². The summed E-state index contributed by atoms with van der Waals surface area (Å²) in [7, 11) is 0. The summed E-state index contributed by atoms with van der Waals surface area (Å²) in [6.07, 6.45) is -0.901. The van der Waals surface area contributed by atoms with Crippen LogP contribution in [0, 0.1) is 27.3 Å². The van der Waals surface area contributed by atoms with Crippen molar-refractivity contribution in [2.24, 2.45) is 0 Å². The summed E-state index contributed by atoms with van der Waals surface area (Å²) in [5, 5.41) is 21.8. The third-order valence-corrected chi connectivity index (χ3v) is 3.08. The van der Waals surface area contributed by atoms with E-state index in [1.54, 1.807) is 24.3 Å². The van der Waals surface area contributed by atoms with Crippen LogP contribution in [0.3, 0.4) is 0 Å². The van der Waals surface area contributed by atoms with E-state index in [9.17, 15) is 19.3 Å². The van der Waals surface area contributed by atoms with Gasteiger partial charge in [0.2, 0.25) is 5.82 Å². The van der Waals surface area contributed by atoms with Crippen LogP contribution in [0.15, 0.2) is 42.5 Å². The van der Waals surface area contributed by atoms with E-state index in [2.05, 4.69) is 5.32 Å². The average molecular weight is 329 g/mol. The van der Waals surface area contributed by atoms with Crippen molar-refractivity contribution in [3.05, 3.63) is 64.0 Å². The van der Waals surface area contributed by atoms with Gasteiger partial charge < -0.3 is 10.1 Å².